The second kappa shape index (κ2) is 9.76. The number of urea groups is 1. The molecule has 0 saturated heterocycles. The van der Waals surface area contributed by atoms with Crippen LogP contribution in [0.2, 0.25) is 5.02 Å². The van der Waals surface area contributed by atoms with Gasteiger partial charge in [0.05, 0.1) is 0 Å². The molecule has 0 bridgehead atoms. The van der Waals surface area contributed by atoms with Crippen molar-refractivity contribution in [3.63, 3.8) is 0 Å². The Balaban J connectivity index is 1.62. The molecule has 0 aliphatic heterocycles. The van der Waals surface area contributed by atoms with Gasteiger partial charge in [0.1, 0.15) is 6.54 Å². The van der Waals surface area contributed by atoms with Gasteiger partial charge in [-0.15, -0.1) is 0 Å². The minimum Gasteiger partial charge on any atom is -0.454 e. The van der Waals surface area contributed by atoms with E-state index in [2.05, 4.69) is 16.0 Å². The van der Waals surface area contributed by atoms with Gasteiger partial charge in [-0.1, -0.05) is 24.4 Å². The Labute approximate surface area is 155 Å². The molecule has 0 heterocycles. The normalized spacial score (nSPS) is 13.7. The van der Waals surface area contributed by atoms with E-state index in [1.54, 1.807) is 12.1 Å². The smallest absolute Gasteiger partial charge is 0.325 e. The highest BCUT2D eigenvalue weighted by Crippen LogP contribution is 2.17. The standard InChI is InChI=1S/C17H20ClN3O5/c18-12-7-5-11(6-8-12)16(24)19-9-15(23)26-10-14(22)21-17(25)20-13-3-1-2-4-13/h5-8,13H,1-4,9-10H2,(H,19,24)(H2,20,21,22,25). The van der Waals surface area contributed by atoms with Crippen LogP contribution in [0.25, 0.3) is 0 Å². The molecular formula is C17H20ClN3O5. The zero-order valence-corrected chi connectivity index (χ0v) is 14.8. The first-order valence-corrected chi connectivity index (χ1v) is 8.61. The summed E-state index contributed by atoms with van der Waals surface area (Å²) >= 11 is 5.73. The molecule has 26 heavy (non-hydrogen) atoms. The lowest BCUT2D eigenvalue weighted by Crippen LogP contribution is -2.45. The molecular weight excluding hydrogens is 362 g/mol. The summed E-state index contributed by atoms with van der Waals surface area (Å²) in [7, 11) is 0. The lowest BCUT2D eigenvalue weighted by Gasteiger charge is -2.12. The van der Waals surface area contributed by atoms with Gasteiger partial charge in [-0.3, -0.25) is 19.7 Å². The summed E-state index contributed by atoms with van der Waals surface area (Å²) in [6, 6.07) is 5.60. The number of carbonyl (C=O) groups excluding carboxylic acids is 4. The average Bonchev–Trinajstić information content (AvgIpc) is 3.11. The van der Waals surface area contributed by atoms with Crippen molar-refractivity contribution < 1.29 is 23.9 Å². The molecule has 8 nitrogen and oxygen atoms in total. The van der Waals surface area contributed by atoms with Gasteiger partial charge >= 0.3 is 12.0 Å². The second-order valence-corrected chi connectivity index (χ2v) is 6.29. The number of ether oxygens (including phenoxy) is 1. The summed E-state index contributed by atoms with van der Waals surface area (Å²) in [4.78, 5) is 46.6. The molecule has 0 spiro atoms. The van der Waals surface area contributed by atoms with Gasteiger partial charge in [0.15, 0.2) is 6.61 Å². The van der Waals surface area contributed by atoms with Crippen LogP contribution in [0.15, 0.2) is 24.3 Å². The van der Waals surface area contributed by atoms with Crippen molar-refractivity contribution >= 4 is 35.4 Å². The van der Waals surface area contributed by atoms with Crippen LogP contribution in [0, 0.1) is 0 Å². The Morgan fingerprint density at radius 2 is 1.73 bits per heavy atom. The van der Waals surface area contributed by atoms with Gasteiger partial charge in [0.2, 0.25) is 0 Å². The summed E-state index contributed by atoms with van der Waals surface area (Å²) in [5.74, 6) is -2.00. The predicted molar refractivity (Wildman–Crippen MR) is 93.7 cm³/mol. The van der Waals surface area contributed by atoms with E-state index < -0.39 is 37.0 Å². The van der Waals surface area contributed by atoms with Crippen LogP contribution < -0.4 is 16.0 Å². The molecule has 1 aromatic rings. The summed E-state index contributed by atoms with van der Waals surface area (Å²) < 4.78 is 4.71. The predicted octanol–water partition coefficient (Wildman–Crippen LogP) is 1.38. The van der Waals surface area contributed by atoms with Gasteiger partial charge in [-0.25, -0.2) is 4.79 Å². The number of nitrogens with one attached hydrogen (secondary N) is 3. The number of benzene rings is 1. The second-order valence-electron chi connectivity index (χ2n) is 5.85. The fourth-order valence-electron chi connectivity index (χ4n) is 2.51. The van der Waals surface area contributed by atoms with Crippen molar-refractivity contribution in [2.75, 3.05) is 13.2 Å². The van der Waals surface area contributed by atoms with Crippen LogP contribution in [-0.2, 0) is 14.3 Å². The van der Waals surface area contributed by atoms with E-state index >= 15 is 0 Å². The van der Waals surface area contributed by atoms with Crippen molar-refractivity contribution in [1.29, 1.82) is 0 Å². The third-order valence-corrected chi connectivity index (χ3v) is 4.06. The Hall–Kier alpha value is -2.61. The van der Waals surface area contributed by atoms with Crippen LogP contribution in [0.3, 0.4) is 0 Å². The quantitative estimate of drug-likeness (QED) is 0.644. The number of rotatable bonds is 6. The van der Waals surface area contributed by atoms with Crippen molar-refractivity contribution in [1.82, 2.24) is 16.0 Å². The van der Waals surface area contributed by atoms with Gasteiger partial charge in [0.25, 0.3) is 11.8 Å². The van der Waals surface area contributed by atoms with E-state index in [1.807, 2.05) is 0 Å². The average molecular weight is 382 g/mol. The summed E-state index contributed by atoms with van der Waals surface area (Å²) in [5, 5.41) is 7.63. The summed E-state index contributed by atoms with van der Waals surface area (Å²) in [6.07, 6.45) is 3.89. The zero-order chi connectivity index (χ0) is 18.9. The van der Waals surface area contributed by atoms with Crippen molar-refractivity contribution in [3.8, 4) is 0 Å². The minimum absolute atomic E-state index is 0.0773. The third kappa shape index (κ3) is 6.72. The lowest BCUT2D eigenvalue weighted by molar-refractivity contribution is -0.147. The SMILES string of the molecule is O=C(COC(=O)CNC(=O)c1ccc(Cl)cc1)NC(=O)NC1CCCC1. The van der Waals surface area contributed by atoms with Crippen LogP contribution in [0.4, 0.5) is 4.79 Å². The van der Waals surface area contributed by atoms with E-state index in [0.29, 0.717) is 10.6 Å². The molecule has 1 fully saturated rings. The molecule has 0 radical (unpaired) electrons. The van der Waals surface area contributed by atoms with Gasteiger partial charge in [-0.05, 0) is 37.1 Å². The maximum absolute atomic E-state index is 11.8. The Morgan fingerprint density at radius 1 is 1.08 bits per heavy atom. The molecule has 1 aromatic carbocycles. The van der Waals surface area contributed by atoms with Crippen LogP contribution in [-0.4, -0.2) is 43.0 Å². The maximum atomic E-state index is 11.8. The fourth-order valence-corrected chi connectivity index (χ4v) is 2.63. The molecule has 2 rings (SSSR count). The first kappa shape index (κ1) is 19.7. The Morgan fingerprint density at radius 3 is 2.38 bits per heavy atom. The minimum atomic E-state index is -0.793. The molecule has 1 saturated carbocycles. The van der Waals surface area contributed by atoms with E-state index in [1.165, 1.54) is 12.1 Å². The van der Waals surface area contributed by atoms with Crippen LogP contribution >= 0.6 is 11.6 Å². The van der Waals surface area contributed by atoms with Crippen molar-refractivity contribution in [2.24, 2.45) is 0 Å². The van der Waals surface area contributed by atoms with Gasteiger partial charge in [-0.2, -0.15) is 0 Å². The highest BCUT2D eigenvalue weighted by atomic mass is 35.5. The fraction of sp³-hybridized carbons (Fsp3) is 0.412. The van der Waals surface area contributed by atoms with Gasteiger partial charge in [0, 0.05) is 16.6 Å². The summed E-state index contributed by atoms with van der Waals surface area (Å²) in [6.45, 7) is -1.00. The Kier molecular flexibility index (Phi) is 7.40. The van der Waals surface area contributed by atoms with E-state index in [9.17, 15) is 19.2 Å². The first-order valence-electron chi connectivity index (χ1n) is 8.24. The highest BCUT2D eigenvalue weighted by molar-refractivity contribution is 6.30. The van der Waals surface area contributed by atoms with Crippen molar-refractivity contribution in [3.05, 3.63) is 34.9 Å². The molecule has 0 unspecified atom stereocenters. The Bertz CT molecular complexity index is 671. The largest absolute Gasteiger partial charge is 0.454 e. The number of hydrogen-bond acceptors (Lipinski definition) is 5. The lowest BCUT2D eigenvalue weighted by atomic mass is 10.2. The highest BCUT2D eigenvalue weighted by Gasteiger charge is 2.18. The van der Waals surface area contributed by atoms with Crippen molar-refractivity contribution in [2.45, 2.75) is 31.7 Å². The monoisotopic (exact) mass is 381 g/mol. The zero-order valence-electron chi connectivity index (χ0n) is 14.0. The third-order valence-electron chi connectivity index (χ3n) is 3.81. The number of imide groups is 1. The van der Waals surface area contributed by atoms with E-state index in [0.717, 1.165) is 25.7 Å². The first-order chi connectivity index (χ1) is 12.4. The molecule has 1 aliphatic rings. The topological polar surface area (TPSA) is 114 Å². The van der Waals surface area contributed by atoms with Crippen LogP contribution in [0.5, 0.6) is 0 Å². The molecule has 0 aromatic heterocycles. The maximum Gasteiger partial charge on any atom is 0.325 e. The molecule has 9 heteroatoms. The summed E-state index contributed by atoms with van der Waals surface area (Å²) in [5.41, 5.74) is 0.337. The number of carbonyl (C=O) groups is 4. The van der Waals surface area contributed by atoms with E-state index in [4.69, 9.17) is 16.3 Å². The molecule has 140 valence electrons. The van der Waals surface area contributed by atoms with Crippen LogP contribution in [0.1, 0.15) is 36.0 Å². The van der Waals surface area contributed by atoms with E-state index in [-0.39, 0.29) is 6.04 Å². The number of halogens is 1. The molecule has 1 aliphatic carbocycles. The number of hydrogen-bond donors (Lipinski definition) is 3. The molecule has 0 atom stereocenters. The number of amides is 4. The van der Waals surface area contributed by atoms with Gasteiger partial charge < -0.3 is 15.4 Å². The molecule has 4 amide bonds. The number of esters is 1. The molecule has 3 N–H and O–H groups in total.